The van der Waals surface area contributed by atoms with Gasteiger partial charge >= 0.3 is 5.97 Å². The maximum atomic E-state index is 12.1. The number of carboxylic acid groups (broad SMARTS) is 1. The van der Waals surface area contributed by atoms with Gasteiger partial charge in [-0.1, -0.05) is 12.1 Å². The molecule has 1 aromatic carbocycles. The Morgan fingerprint density at radius 2 is 1.80 bits per heavy atom. The second-order valence-corrected chi connectivity index (χ2v) is 6.30. The Morgan fingerprint density at radius 3 is 2.24 bits per heavy atom. The number of hydrogen-bond acceptors (Lipinski definition) is 6. The molecule has 1 N–H and O–H groups in total. The van der Waals surface area contributed by atoms with E-state index in [1.807, 2.05) is 0 Å². The topological polar surface area (TPSA) is 126 Å². The molecule has 0 bridgehead atoms. The fourth-order valence-electron chi connectivity index (χ4n) is 2.22. The highest BCUT2D eigenvalue weighted by Crippen LogP contribution is 2.22. The molecule has 0 aromatic heterocycles. The zero-order valence-corrected chi connectivity index (χ0v) is 14.0. The van der Waals surface area contributed by atoms with Crippen molar-refractivity contribution in [3.63, 3.8) is 0 Å². The quantitative estimate of drug-likeness (QED) is 0.354. The number of benzene rings is 1. The molecular weight excluding hydrogens is 332 g/mol. The maximum Gasteiger partial charge on any atom is 0.329 e. The van der Waals surface area contributed by atoms with Gasteiger partial charge in [-0.2, -0.15) is 0 Å². The largest absolute Gasteiger partial charge is 0.569 e. The number of rotatable bonds is 6. The minimum absolute atomic E-state index is 0.00765. The molecule has 134 valence electrons. The second kappa shape index (κ2) is 6.75. The molecule has 0 aliphatic carbocycles. The molecular formula is C15H18N4O6. The first-order valence-electron chi connectivity index (χ1n) is 7.37. The van der Waals surface area contributed by atoms with E-state index in [9.17, 15) is 19.6 Å². The zero-order valence-electron chi connectivity index (χ0n) is 14.0. The summed E-state index contributed by atoms with van der Waals surface area (Å²) >= 11 is 0. The van der Waals surface area contributed by atoms with Crippen LogP contribution in [0.5, 0.6) is 0 Å². The van der Waals surface area contributed by atoms with Crippen LogP contribution in [0, 0.1) is 5.21 Å². The number of amides is 2. The molecule has 25 heavy (non-hydrogen) atoms. The Hall–Kier alpha value is -3.17. The molecule has 2 rings (SSSR count). The van der Waals surface area contributed by atoms with Gasteiger partial charge in [0.2, 0.25) is 12.0 Å². The van der Waals surface area contributed by atoms with E-state index in [2.05, 4.69) is 5.28 Å². The van der Waals surface area contributed by atoms with Gasteiger partial charge in [0.25, 0.3) is 11.8 Å². The number of carbonyl (C=O) groups is 3. The lowest BCUT2D eigenvalue weighted by atomic mass is 10.1. The average molecular weight is 350 g/mol. The predicted octanol–water partition coefficient (Wildman–Crippen LogP) is 1.23. The van der Waals surface area contributed by atoms with Crippen molar-refractivity contribution in [3.05, 3.63) is 40.6 Å². The highest BCUT2D eigenvalue weighted by atomic mass is 16.7. The Labute approximate surface area is 143 Å². The van der Waals surface area contributed by atoms with Crippen LogP contribution in [0.2, 0.25) is 0 Å². The Morgan fingerprint density at radius 1 is 1.28 bits per heavy atom. The van der Waals surface area contributed by atoms with E-state index in [4.69, 9.17) is 9.94 Å². The number of aliphatic carboxylic acids is 1. The second-order valence-electron chi connectivity index (χ2n) is 6.30. The molecule has 0 fully saturated rings. The van der Waals surface area contributed by atoms with E-state index < -0.39 is 36.6 Å². The lowest BCUT2D eigenvalue weighted by molar-refractivity contribution is -0.723. The first-order chi connectivity index (χ1) is 11.6. The molecule has 0 radical (unpaired) electrons. The molecule has 0 atom stereocenters. The van der Waals surface area contributed by atoms with Gasteiger partial charge in [-0.25, -0.2) is 4.90 Å². The normalized spacial score (nSPS) is 14.5. The molecule has 10 heteroatoms. The average Bonchev–Trinajstić information content (AvgIpc) is 2.76. The lowest BCUT2D eigenvalue weighted by Gasteiger charge is -2.28. The lowest BCUT2D eigenvalue weighted by Crippen LogP contribution is -2.48. The number of imide groups is 1. The third-order valence-corrected chi connectivity index (χ3v) is 3.46. The zero-order chi connectivity index (χ0) is 18.8. The number of carbonyl (C=O) groups excluding carboxylic acids is 2. The Kier molecular flexibility index (Phi) is 4.91. The van der Waals surface area contributed by atoms with Crippen molar-refractivity contribution >= 4 is 17.8 Å². The molecule has 0 spiro atoms. The van der Waals surface area contributed by atoms with Crippen LogP contribution in [0.15, 0.2) is 29.5 Å². The van der Waals surface area contributed by atoms with Gasteiger partial charge < -0.3 is 15.2 Å². The maximum absolute atomic E-state index is 12.1. The standard InChI is InChI=1S/C15H18N4O6/c1-15(2,3)18(8-12(20)21)19(24)16-25-9-17-13(22)10-6-4-5-7-11(10)14(17)23/h4-7H,8-9H2,1-3H3,(H,20,21)/b19-16-. The SMILES string of the molecule is CC(C)(C)N(CC(=O)O)/[N+]([O-])=N/OCN1C(=O)c2ccccc2C1=O. The first kappa shape index (κ1) is 18.2. The van der Waals surface area contributed by atoms with Gasteiger partial charge in [-0.3, -0.25) is 14.4 Å². The van der Waals surface area contributed by atoms with Crippen LogP contribution in [0.4, 0.5) is 0 Å². The summed E-state index contributed by atoms with van der Waals surface area (Å²) in [6, 6.07) is 6.29. The van der Waals surface area contributed by atoms with E-state index >= 15 is 0 Å². The van der Waals surface area contributed by atoms with Crippen LogP contribution in [0.1, 0.15) is 41.5 Å². The van der Waals surface area contributed by atoms with Crippen molar-refractivity contribution < 1.29 is 29.3 Å². The monoisotopic (exact) mass is 350 g/mol. The van der Waals surface area contributed by atoms with Gasteiger partial charge in [0.05, 0.1) is 21.6 Å². The summed E-state index contributed by atoms with van der Waals surface area (Å²) in [6.45, 7) is 3.73. The molecule has 0 saturated carbocycles. The van der Waals surface area contributed by atoms with Crippen LogP contribution in [0.3, 0.4) is 0 Å². The van der Waals surface area contributed by atoms with Crippen LogP contribution in [-0.4, -0.2) is 56.6 Å². The van der Waals surface area contributed by atoms with E-state index in [1.165, 1.54) is 12.1 Å². The minimum Gasteiger partial charge on any atom is -0.569 e. The number of hydrazine groups is 1. The molecule has 1 aromatic rings. The summed E-state index contributed by atoms with van der Waals surface area (Å²) in [5.41, 5.74) is -0.336. The third-order valence-electron chi connectivity index (χ3n) is 3.46. The molecule has 0 saturated heterocycles. The van der Waals surface area contributed by atoms with Crippen molar-refractivity contribution in [1.29, 1.82) is 0 Å². The number of hydrogen-bond donors (Lipinski definition) is 1. The smallest absolute Gasteiger partial charge is 0.329 e. The molecule has 1 aliphatic rings. The fourth-order valence-corrected chi connectivity index (χ4v) is 2.22. The van der Waals surface area contributed by atoms with Crippen molar-refractivity contribution in [2.24, 2.45) is 5.28 Å². The van der Waals surface area contributed by atoms with Gasteiger partial charge in [-0.05, 0) is 32.9 Å². The van der Waals surface area contributed by atoms with E-state index in [1.54, 1.807) is 32.9 Å². The summed E-state index contributed by atoms with van der Waals surface area (Å²) in [5, 5.41) is 25.0. The van der Waals surface area contributed by atoms with Crippen molar-refractivity contribution in [2.45, 2.75) is 26.3 Å². The van der Waals surface area contributed by atoms with E-state index in [0.717, 1.165) is 9.91 Å². The number of nitrogens with zero attached hydrogens (tertiary/aromatic N) is 4. The Balaban J connectivity index is 2.06. The molecule has 2 amide bonds. The fraction of sp³-hybridized carbons (Fsp3) is 0.400. The summed E-state index contributed by atoms with van der Waals surface area (Å²) in [7, 11) is 0. The van der Waals surface area contributed by atoms with E-state index in [-0.39, 0.29) is 16.1 Å². The third kappa shape index (κ3) is 3.84. The van der Waals surface area contributed by atoms with Crippen LogP contribution in [0.25, 0.3) is 0 Å². The van der Waals surface area contributed by atoms with Gasteiger partial charge in [0, 0.05) is 0 Å². The molecule has 0 unspecified atom stereocenters. The van der Waals surface area contributed by atoms with Crippen molar-refractivity contribution in [2.75, 3.05) is 13.3 Å². The minimum atomic E-state index is -1.22. The summed E-state index contributed by atoms with van der Waals surface area (Å²) < 4.78 is 0. The summed E-state index contributed by atoms with van der Waals surface area (Å²) in [4.78, 5) is 40.7. The highest BCUT2D eigenvalue weighted by molar-refractivity contribution is 6.21. The van der Waals surface area contributed by atoms with Crippen molar-refractivity contribution in [3.8, 4) is 0 Å². The summed E-state index contributed by atoms with van der Waals surface area (Å²) in [6.07, 6.45) is 0. The van der Waals surface area contributed by atoms with Crippen molar-refractivity contribution in [1.82, 2.24) is 9.91 Å². The number of carboxylic acids is 1. The Bertz CT molecular complexity index is 705. The van der Waals surface area contributed by atoms with Crippen LogP contribution >= 0.6 is 0 Å². The van der Waals surface area contributed by atoms with Gasteiger partial charge in [-0.15, -0.1) is 5.01 Å². The predicted molar refractivity (Wildman–Crippen MR) is 83.0 cm³/mol. The first-order valence-corrected chi connectivity index (χ1v) is 7.37. The molecule has 1 aliphatic heterocycles. The number of fused-ring (bicyclic) bond motifs is 1. The molecule has 1 heterocycles. The summed E-state index contributed by atoms with van der Waals surface area (Å²) in [5.74, 6) is -2.32. The molecule has 10 nitrogen and oxygen atoms in total. The van der Waals surface area contributed by atoms with E-state index in [0.29, 0.717) is 0 Å². The van der Waals surface area contributed by atoms with Crippen LogP contribution in [-0.2, 0) is 9.63 Å². The van der Waals surface area contributed by atoms with Gasteiger partial charge in [0.15, 0.2) is 6.54 Å². The van der Waals surface area contributed by atoms with Crippen LogP contribution < -0.4 is 0 Å². The highest BCUT2D eigenvalue weighted by Gasteiger charge is 2.36. The van der Waals surface area contributed by atoms with Gasteiger partial charge in [0.1, 0.15) is 0 Å².